The highest BCUT2D eigenvalue weighted by Crippen LogP contribution is 2.22. The summed E-state index contributed by atoms with van der Waals surface area (Å²) in [5, 5.41) is 3.05. The van der Waals surface area contributed by atoms with E-state index in [1.54, 1.807) is 11.3 Å². The van der Waals surface area contributed by atoms with E-state index in [2.05, 4.69) is 50.1 Å². The zero-order chi connectivity index (χ0) is 20.8. The van der Waals surface area contributed by atoms with Crippen LogP contribution in [0.15, 0.2) is 46.9 Å². The van der Waals surface area contributed by atoms with Crippen LogP contribution in [0.3, 0.4) is 0 Å². The molecule has 0 unspecified atom stereocenters. The number of piperazine rings is 1. The van der Waals surface area contributed by atoms with Crippen LogP contribution in [0.5, 0.6) is 0 Å². The van der Waals surface area contributed by atoms with Crippen molar-refractivity contribution < 1.29 is 4.79 Å². The maximum absolute atomic E-state index is 12.6. The number of hydrogen-bond acceptors (Lipinski definition) is 5. The third kappa shape index (κ3) is 5.30. The Hall–Kier alpha value is -2.61. The van der Waals surface area contributed by atoms with Crippen LogP contribution in [-0.2, 0) is 11.2 Å². The molecule has 0 bridgehead atoms. The van der Waals surface area contributed by atoms with Crippen LogP contribution in [0.2, 0.25) is 0 Å². The highest BCUT2D eigenvalue weighted by molar-refractivity contribution is 7.13. The van der Waals surface area contributed by atoms with Crippen molar-refractivity contribution in [2.24, 2.45) is 16.6 Å². The van der Waals surface area contributed by atoms with Crippen molar-refractivity contribution in [2.45, 2.75) is 19.3 Å². The van der Waals surface area contributed by atoms with Crippen LogP contribution in [0.1, 0.15) is 18.4 Å². The number of likely N-dealkylation sites (tertiary alicyclic amines) is 1. The number of aliphatic imine (C=N–C) groups is 1. The molecule has 7 nitrogen and oxygen atoms in total. The van der Waals surface area contributed by atoms with E-state index in [-0.39, 0.29) is 12.5 Å². The number of anilines is 1. The summed E-state index contributed by atoms with van der Waals surface area (Å²) in [4.78, 5) is 27.6. The van der Waals surface area contributed by atoms with Crippen molar-refractivity contribution in [3.8, 4) is 0 Å². The van der Waals surface area contributed by atoms with Crippen molar-refractivity contribution in [1.82, 2.24) is 14.8 Å². The number of hydrogen-bond donors (Lipinski definition) is 1. The van der Waals surface area contributed by atoms with Gasteiger partial charge in [-0.3, -0.25) is 4.79 Å². The lowest BCUT2D eigenvalue weighted by Crippen LogP contribution is -2.51. The molecule has 0 saturated carbocycles. The van der Waals surface area contributed by atoms with Crippen LogP contribution >= 0.6 is 11.3 Å². The lowest BCUT2D eigenvalue weighted by atomic mass is 9.90. The molecule has 2 aromatic rings. The molecule has 0 atom stereocenters. The Labute approximate surface area is 182 Å². The molecule has 8 heteroatoms. The molecule has 4 rings (SSSR count). The van der Waals surface area contributed by atoms with Gasteiger partial charge in [0, 0.05) is 50.8 Å². The fourth-order valence-electron chi connectivity index (χ4n) is 4.18. The Kier molecular flexibility index (Phi) is 6.84. The van der Waals surface area contributed by atoms with Crippen LogP contribution < -0.4 is 10.6 Å². The van der Waals surface area contributed by atoms with Crippen LogP contribution in [0, 0.1) is 5.92 Å². The van der Waals surface area contributed by atoms with Gasteiger partial charge in [0.2, 0.25) is 5.91 Å². The molecule has 0 aliphatic carbocycles. The van der Waals surface area contributed by atoms with Crippen molar-refractivity contribution in [3.05, 3.63) is 47.5 Å². The first-order valence-corrected chi connectivity index (χ1v) is 11.6. The minimum atomic E-state index is 0.0810. The predicted molar refractivity (Wildman–Crippen MR) is 122 cm³/mol. The van der Waals surface area contributed by atoms with E-state index in [0.29, 0.717) is 11.9 Å². The van der Waals surface area contributed by atoms with Gasteiger partial charge in [-0.15, -0.1) is 11.3 Å². The number of piperidine rings is 1. The molecule has 2 aliphatic rings. The van der Waals surface area contributed by atoms with Gasteiger partial charge in [-0.2, -0.15) is 0 Å². The van der Waals surface area contributed by atoms with Crippen LogP contribution in [0.25, 0.3) is 0 Å². The second-order valence-corrected chi connectivity index (χ2v) is 8.85. The highest BCUT2D eigenvalue weighted by Gasteiger charge is 2.24. The smallest absolute Gasteiger partial charge is 0.244 e. The van der Waals surface area contributed by atoms with E-state index in [4.69, 9.17) is 5.73 Å². The summed E-state index contributed by atoms with van der Waals surface area (Å²) in [5.74, 6) is 1.21. The summed E-state index contributed by atoms with van der Waals surface area (Å²) in [6, 6.07) is 10.6. The van der Waals surface area contributed by atoms with E-state index in [1.165, 1.54) is 5.56 Å². The Balaban J connectivity index is 1.19. The van der Waals surface area contributed by atoms with Gasteiger partial charge in [0.1, 0.15) is 6.54 Å². The van der Waals surface area contributed by atoms with Gasteiger partial charge >= 0.3 is 0 Å². The lowest BCUT2D eigenvalue weighted by molar-refractivity contribution is -0.130. The van der Waals surface area contributed by atoms with E-state index in [9.17, 15) is 4.79 Å². The summed E-state index contributed by atoms with van der Waals surface area (Å²) in [6.45, 7) is 5.11. The van der Waals surface area contributed by atoms with E-state index in [1.807, 2.05) is 16.5 Å². The van der Waals surface area contributed by atoms with Crippen molar-refractivity contribution in [1.29, 1.82) is 0 Å². The Morgan fingerprint density at radius 3 is 2.47 bits per heavy atom. The molecule has 30 heavy (non-hydrogen) atoms. The minimum Gasteiger partial charge on any atom is -0.370 e. The first-order chi connectivity index (χ1) is 14.7. The van der Waals surface area contributed by atoms with Gasteiger partial charge in [0.15, 0.2) is 11.1 Å². The SMILES string of the molecule is NC(=NCC(=O)N1CCC(Cc2ccccc2)CC1)N1CCN(c2nccs2)CC1. The number of nitrogens with two attached hydrogens (primary N) is 1. The summed E-state index contributed by atoms with van der Waals surface area (Å²) in [6.07, 6.45) is 5.04. The summed E-state index contributed by atoms with van der Waals surface area (Å²) < 4.78 is 0. The molecule has 1 aromatic carbocycles. The third-order valence-corrected chi connectivity index (χ3v) is 6.84. The number of amides is 1. The Morgan fingerprint density at radius 1 is 1.07 bits per heavy atom. The van der Waals surface area contributed by atoms with E-state index >= 15 is 0 Å². The number of nitrogens with zero attached hydrogens (tertiary/aromatic N) is 5. The molecule has 2 saturated heterocycles. The molecular weight excluding hydrogens is 396 g/mol. The normalized spacial score (nSPS) is 18.7. The quantitative estimate of drug-likeness (QED) is 0.585. The second-order valence-electron chi connectivity index (χ2n) is 7.98. The van der Waals surface area contributed by atoms with Gasteiger partial charge in [0.05, 0.1) is 0 Å². The van der Waals surface area contributed by atoms with E-state index < -0.39 is 0 Å². The highest BCUT2D eigenvalue weighted by atomic mass is 32.1. The molecule has 2 aliphatic heterocycles. The van der Waals surface area contributed by atoms with Crippen molar-refractivity contribution in [3.63, 3.8) is 0 Å². The largest absolute Gasteiger partial charge is 0.370 e. The molecule has 0 radical (unpaired) electrons. The number of thiazole rings is 1. The van der Waals surface area contributed by atoms with Crippen LogP contribution in [0.4, 0.5) is 5.13 Å². The molecule has 3 heterocycles. The number of rotatable bonds is 5. The summed E-state index contributed by atoms with van der Waals surface area (Å²) in [5.41, 5.74) is 7.56. The molecule has 1 aromatic heterocycles. The number of carbonyl (C=O) groups is 1. The average Bonchev–Trinajstić information content (AvgIpc) is 3.34. The van der Waals surface area contributed by atoms with E-state index in [0.717, 1.165) is 63.7 Å². The number of aromatic nitrogens is 1. The fourth-order valence-corrected chi connectivity index (χ4v) is 4.88. The molecular formula is C22H30N6OS. The van der Waals surface area contributed by atoms with Gasteiger partial charge in [-0.05, 0) is 30.7 Å². The minimum absolute atomic E-state index is 0.0810. The standard InChI is InChI=1S/C22H30N6OS/c23-21(27-11-13-28(14-12-27)22-24-8-15-30-22)25-17-20(29)26-9-6-19(7-10-26)16-18-4-2-1-3-5-18/h1-5,8,15,19H,6-7,9-14,16-17H2,(H2,23,25). The maximum atomic E-state index is 12.6. The molecule has 160 valence electrons. The van der Waals surface area contributed by atoms with Crippen LogP contribution in [-0.4, -0.2) is 72.5 Å². The van der Waals surface area contributed by atoms with Gasteiger partial charge in [0.25, 0.3) is 0 Å². The number of guanidine groups is 1. The third-order valence-electron chi connectivity index (χ3n) is 6.00. The molecule has 0 spiro atoms. The zero-order valence-corrected chi connectivity index (χ0v) is 18.1. The first-order valence-electron chi connectivity index (χ1n) is 10.7. The number of benzene rings is 1. The van der Waals surface area contributed by atoms with Gasteiger partial charge in [-0.25, -0.2) is 9.98 Å². The summed E-state index contributed by atoms with van der Waals surface area (Å²) in [7, 11) is 0. The molecule has 2 N–H and O–H groups in total. The fraction of sp³-hybridized carbons (Fsp3) is 0.500. The molecule has 1 amide bonds. The van der Waals surface area contributed by atoms with Crippen molar-refractivity contribution in [2.75, 3.05) is 50.7 Å². The maximum Gasteiger partial charge on any atom is 0.244 e. The number of carbonyl (C=O) groups excluding carboxylic acids is 1. The Bertz CT molecular complexity index is 825. The first kappa shape index (κ1) is 20.7. The topological polar surface area (TPSA) is 78.1 Å². The zero-order valence-electron chi connectivity index (χ0n) is 17.3. The lowest BCUT2D eigenvalue weighted by Gasteiger charge is -2.35. The van der Waals surface area contributed by atoms with Gasteiger partial charge in [-0.1, -0.05) is 30.3 Å². The summed E-state index contributed by atoms with van der Waals surface area (Å²) >= 11 is 1.65. The van der Waals surface area contributed by atoms with Crippen molar-refractivity contribution >= 4 is 28.3 Å². The molecule has 2 fully saturated rings. The second kappa shape index (κ2) is 9.93. The predicted octanol–water partition coefficient (Wildman–Crippen LogP) is 2.06. The Morgan fingerprint density at radius 2 is 1.80 bits per heavy atom. The average molecular weight is 427 g/mol. The monoisotopic (exact) mass is 426 g/mol. The van der Waals surface area contributed by atoms with Gasteiger partial charge < -0.3 is 20.4 Å².